The van der Waals surface area contributed by atoms with E-state index >= 15 is 0 Å². The Morgan fingerprint density at radius 2 is 1.95 bits per heavy atom. The number of nitrogens with zero attached hydrogens (tertiary/aromatic N) is 1. The highest BCUT2D eigenvalue weighted by Gasteiger charge is 2.12. The molecule has 21 heavy (non-hydrogen) atoms. The number of hydrogen-bond acceptors (Lipinski definition) is 4. The summed E-state index contributed by atoms with van der Waals surface area (Å²) in [6.07, 6.45) is 0. The van der Waals surface area contributed by atoms with Gasteiger partial charge < -0.3 is 15.1 Å². The first kappa shape index (κ1) is 11.7. The van der Waals surface area contributed by atoms with E-state index in [-0.39, 0.29) is 0 Å². The summed E-state index contributed by atoms with van der Waals surface area (Å²) in [5.74, 6) is 0.495. The van der Waals surface area contributed by atoms with E-state index in [1.54, 1.807) is 24.3 Å². The molecule has 0 aliphatic carbocycles. The van der Waals surface area contributed by atoms with Crippen molar-refractivity contribution >= 4 is 27.7 Å². The zero-order valence-electron chi connectivity index (χ0n) is 11.0. The van der Waals surface area contributed by atoms with Crippen LogP contribution < -0.4 is 11.4 Å². The Labute approximate surface area is 119 Å². The van der Waals surface area contributed by atoms with Crippen LogP contribution in [0.5, 0.6) is 0 Å². The van der Waals surface area contributed by atoms with Crippen molar-refractivity contribution in [2.75, 3.05) is 5.73 Å². The zero-order chi connectivity index (χ0) is 14.4. The lowest BCUT2D eigenvalue weighted by atomic mass is 10.1. The molecular formula is C16H11N3O2. The number of nitrogens with two attached hydrogens (primary N) is 1. The summed E-state index contributed by atoms with van der Waals surface area (Å²) in [5.41, 5.74) is 8.54. The second-order valence-corrected chi connectivity index (χ2v) is 4.85. The SMILES string of the molecule is Nc1ccc2oc(=O)c(-c3nc4ccccc4[nH]3)cc2c1. The number of aromatic amines is 1. The zero-order valence-corrected chi connectivity index (χ0v) is 11.0. The highest BCUT2D eigenvalue weighted by Crippen LogP contribution is 2.22. The topological polar surface area (TPSA) is 84.9 Å². The third-order valence-electron chi connectivity index (χ3n) is 3.40. The maximum absolute atomic E-state index is 12.1. The fraction of sp³-hybridized carbons (Fsp3) is 0. The van der Waals surface area contributed by atoms with Crippen LogP contribution in [0.1, 0.15) is 0 Å². The van der Waals surface area contributed by atoms with Gasteiger partial charge >= 0.3 is 5.63 Å². The summed E-state index contributed by atoms with van der Waals surface area (Å²) in [5, 5.41) is 0.769. The van der Waals surface area contributed by atoms with Crippen LogP contribution in [-0.4, -0.2) is 9.97 Å². The monoisotopic (exact) mass is 277 g/mol. The molecule has 0 aliphatic heterocycles. The average Bonchev–Trinajstić information content (AvgIpc) is 2.90. The van der Waals surface area contributed by atoms with Crippen molar-refractivity contribution in [1.29, 1.82) is 0 Å². The number of imidazole rings is 1. The highest BCUT2D eigenvalue weighted by atomic mass is 16.4. The van der Waals surface area contributed by atoms with Gasteiger partial charge in [0.25, 0.3) is 0 Å². The largest absolute Gasteiger partial charge is 0.422 e. The number of rotatable bonds is 1. The Kier molecular flexibility index (Phi) is 2.35. The van der Waals surface area contributed by atoms with Gasteiger partial charge in [0.05, 0.1) is 11.0 Å². The third kappa shape index (κ3) is 1.87. The molecule has 5 nitrogen and oxygen atoms in total. The van der Waals surface area contributed by atoms with Gasteiger partial charge in [-0.15, -0.1) is 0 Å². The van der Waals surface area contributed by atoms with E-state index in [0.717, 1.165) is 16.4 Å². The minimum atomic E-state index is -0.425. The molecule has 102 valence electrons. The molecular weight excluding hydrogens is 266 g/mol. The number of H-pyrrole nitrogens is 1. The lowest BCUT2D eigenvalue weighted by molar-refractivity contribution is 0.563. The number of benzene rings is 2. The van der Waals surface area contributed by atoms with Crippen LogP contribution in [0.3, 0.4) is 0 Å². The summed E-state index contributed by atoms with van der Waals surface area (Å²) < 4.78 is 5.33. The van der Waals surface area contributed by atoms with Gasteiger partial charge in [-0.1, -0.05) is 12.1 Å². The molecule has 4 aromatic rings. The van der Waals surface area contributed by atoms with Crippen LogP contribution in [-0.2, 0) is 0 Å². The van der Waals surface area contributed by atoms with Crippen molar-refractivity contribution in [3.63, 3.8) is 0 Å². The van der Waals surface area contributed by atoms with E-state index in [0.29, 0.717) is 22.7 Å². The summed E-state index contributed by atoms with van der Waals surface area (Å²) in [7, 11) is 0. The number of para-hydroxylation sites is 2. The number of nitrogen functional groups attached to an aromatic ring is 1. The first-order valence-corrected chi connectivity index (χ1v) is 6.49. The fourth-order valence-corrected chi connectivity index (χ4v) is 2.39. The normalized spacial score (nSPS) is 11.2. The van der Waals surface area contributed by atoms with Gasteiger partial charge in [-0.3, -0.25) is 0 Å². The van der Waals surface area contributed by atoms with Gasteiger partial charge in [0.1, 0.15) is 17.0 Å². The molecule has 0 saturated carbocycles. The van der Waals surface area contributed by atoms with Gasteiger partial charge in [0.15, 0.2) is 0 Å². The Morgan fingerprint density at radius 3 is 2.81 bits per heavy atom. The molecule has 3 N–H and O–H groups in total. The summed E-state index contributed by atoms with van der Waals surface area (Å²) >= 11 is 0. The van der Waals surface area contributed by atoms with Crippen molar-refractivity contribution in [2.45, 2.75) is 0 Å². The second-order valence-electron chi connectivity index (χ2n) is 4.85. The van der Waals surface area contributed by atoms with Gasteiger partial charge in [-0.05, 0) is 36.4 Å². The molecule has 4 rings (SSSR count). The molecule has 5 heteroatoms. The van der Waals surface area contributed by atoms with Crippen molar-refractivity contribution < 1.29 is 4.42 Å². The third-order valence-corrected chi connectivity index (χ3v) is 3.40. The molecule has 0 saturated heterocycles. The first-order chi connectivity index (χ1) is 10.2. The van der Waals surface area contributed by atoms with E-state index in [9.17, 15) is 4.79 Å². The molecule has 0 radical (unpaired) electrons. The standard InChI is InChI=1S/C16H11N3O2/c17-10-5-6-14-9(7-10)8-11(16(20)21-14)15-18-12-3-1-2-4-13(12)19-15/h1-8H,17H2,(H,18,19). The van der Waals surface area contributed by atoms with Gasteiger partial charge in [0.2, 0.25) is 0 Å². The smallest absolute Gasteiger partial charge is 0.347 e. The van der Waals surface area contributed by atoms with Crippen LogP contribution in [0.15, 0.2) is 57.7 Å². The maximum atomic E-state index is 12.1. The summed E-state index contributed by atoms with van der Waals surface area (Å²) in [6.45, 7) is 0. The van der Waals surface area contributed by atoms with Crippen LogP contribution in [0.4, 0.5) is 5.69 Å². The molecule has 0 fully saturated rings. The molecule has 0 bridgehead atoms. The average molecular weight is 277 g/mol. The molecule has 2 aromatic carbocycles. The molecule has 0 spiro atoms. The lowest BCUT2D eigenvalue weighted by Gasteiger charge is -2.00. The van der Waals surface area contributed by atoms with Crippen LogP contribution >= 0.6 is 0 Å². The molecule has 0 unspecified atom stereocenters. The molecule has 2 aromatic heterocycles. The molecule has 0 atom stereocenters. The number of hydrogen-bond donors (Lipinski definition) is 2. The Bertz CT molecular complexity index is 997. The number of fused-ring (bicyclic) bond motifs is 2. The van der Waals surface area contributed by atoms with E-state index < -0.39 is 5.63 Å². The van der Waals surface area contributed by atoms with Crippen molar-refractivity contribution in [2.24, 2.45) is 0 Å². The predicted molar refractivity (Wildman–Crippen MR) is 82.0 cm³/mol. The van der Waals surface area contributed by atoms with Gasteiger partial charge in [-0.2, -0.15) is 0 Å². The maximum Gasteiger partial charge on any atom is 0.347 e. The highest BCUT2D eigenvalue weighted by molar-refractivity contribution is 5.85. The minimum absolute atomic E-state index is 0.393. The van der Waals surface area contributed by atoms with E-state index in [4.69, 9.17) is 10.2 Å². The van der Waals surface area contributed by atoms with E-state index in [2.05, 4.69) is 9.97 Å². The lowest BCUT2D eigenvalue weighted by Crippen LogP contribution is -2.03. The van der Waals surface area contributed by atoms with E-state index in [1.165, 1.54) is 0 Å². The van der Waals surface area contributed by atoms with Crippen LogP contribution in [0.2, 0.25) is 0 Å². The Balaban J connectivity index is 2.00. The number of aromatic nitrogens is 2. The quantitative estimate of drug-likeness (QED) is 0.414. The van der Waals surface area contributed by atoms with E-state index in [1.807, 2.05) is 24.3 Å². The second kappa shape index (κ2) is 4.21. The summed E-state index contributed by atoms with van der Waals surface area (Å²) in [4.78, 5) is 19.7. The summed E-state index contributed by atoms with van der Waals surface area (Å²) in [6, 6.07) is 14.5. The van der Waals surface area contributed by atoms with Crippen LogP contribution in [0.25, 0.3) is 33.4 Å². The first-order valence-electron chi connectivity index (χ1n) is 6.49. The Hall–Kier alpha value is -3.08. The minimum Gasteiger partial charge on any atom is -0.422 e. The van der Waals surface area contributed by atoms with Crippen molar-refractivity contribution in [1.82, 2.24) is 9.97 Å². The van der Waals surface area contributed by atoms with Crippen molar-refractivity contribution in [3.05, 3.63) is 59.0 Å². The fourth-order valence-electron chi connectivity index (χ4n) is 2.39. The molecule has 2 heterocycles. The number of anilines is 1. The van der Waals surface area contributed by atoms with Gasteiger partial charge in [-0.25, -0.2) is 9.78 Å². The van der Waals surface area contributed by atoms with Crippen LogP contribution in [0, 0.1) is 0 Å². The molecule has 0 amide bonds. The number of nitrogens with one attached hydrogen (secondary N) is 1. The molecule has 0 aliphatic rings. The predicted octanol–water partition coefficient (Wildman–Crippen LogP) is 2.92. The van der Waals surface area contributed by atoms with Gasteiger partial charge in [0, 0.05) is 11.1 Å². The van der Waals surface area contributed by atoms with Crippen molar-refractivity contribution in [3.8, 4) is 11.4 Å². The Morgan fingerprint density at radius 1 is 1.10 bits per heavy atom.